The molecule has 1 aromatic rings. The number of rotatable bonds is 5. The molecule has 0 aliphatic heterocycles. The van der Waals surface area contributed by atoms with Gasteiger partial charge in [0, 0.05) is 6.92 Å². The van der Waals surface area contributed by atoms with E-state index in [1.165, 1.54) is 6.92 Å². The van der Waals surface area contributed by atoms with Gasteiger partial charge in [0.2, 0.25) is 0 Å². The maximum absolute atomic E-state index is 10.8. The van der Waals surface area contributed by atoms with Crippen LogP contribution in [-0.2, 0) is 9.53 Å². The Balaban J connectivity index is 2.60. The molecular weight excluding hydrogens is 242 g/mol. The van der Waals surface area contributed by atoms with Crippen molar-refractivity contribution in [2.75, 3.05) is 12.5 Å². The van der Waals surface area contributed by atoms with Crippen LogP contribution in [0.15, 0.2) is 24.3 Å². The highest BCUT2D eigenvalue weighted by Crippen LogP contribution is 2.17. The lowest BCUT2D eigenvalue weighted by Gasteiger charge is -2.15. The molecule has 0 aliphatic rings. The summed E-state index contributed by atoms with van der Waals surface area (Å²) in [5, 5.41) is 8.84. The van der Waals surface area contributed by atoms with Crippen LogP contribution in [0, 0.1) is 11.3 Å². The summed E-state index contributed by atoms with van der Waals surface area (Å²) in [7, 11) is 0. The highest BCUT2D eigenvalue weighted by atomic mass is 35.5. The van der Waals surface area contributed by atoms with Crippen LogP contribution >= 0.6 is 11.6 Å². The number of hydrogen-bond acceptors (Lipinski definition) is 4. The molecule has 0 N–H and O–H groups in total. The van der Waals surface area contributed by atoms with Gasteiger partial charge in [0.25, 0.3) is 0 Å². The smallest absolute Gasteiger partial charge is 0.303 e. The number of carbonyl (C=O) groups is 1. The maximum Gasteiger partial charge on any atom is 0.303 e. The Bertz CT molecular complexity index is 428. The lowest BCUT2D eigenvalue weighted by Crippen LogP contribution is -2.25. The number of nitrogens with zero attached hydrogens (tertiary/aromatic N) is 1. The number of carbonyl (C=O) groups excluding carboxylic acids is 1. The third kappa shape index (κ3) is 4.33. The van der Waals surface area contributed by atoms with Crippen LogP contribution < -0.4 is 4.74 Å². The molecule has 0 heterocycles. The minimum absolute atomic E-state index is 0.127. The lowest BCUT2D eigenvalue weighted by atomic mass is 10.2. The zero-order valence-electron chi connectivity index (χ0n) is 9.35. The largest absolute Gasteiger partial charge is 0.488 e. The monoisotopic (exact) mass is 253 g/mol. The van der Waals surface area contributed by atoms with E-state index in [1.54, 1.807) is 24.3 Å². The van der Waals surface area contributed by atoms with Crippen molar-refractivity contribution in [3.63, 3.8) is 0 Å². The first-order valence-electron chi connectivity index (χ1n) is 5.02. The van der Waals surface area contributed by atoms with Crippen LogP contribution in [0.3, 0.4) is 0 Å². The van der Waals surface area contributed by atoms with E-state index in [9.17, 15) is 4.79 Å². The number of halogens is 1. The lowest BCUT2D eigenvalue weighted by molar-refractivity contribution is -0.146. The average Bonchev–Trinajstić information content (AvgIpc) is 2.34. The van der Waals surface area contributed by atoms with E-state index >= 15 is 0 Å². The summed E-state index contributed by atoms with van der Waals surface area (Å²) in [6.07, 6.45) is -0.513. The summed E-state index contributed by atoms with van der Waals surface area (Å²) in [4.78, 5) is 10.8. The molecule has 0 amide bonds. The van der Waals surface area contributed by atoms with Crippen molar-refractivity contribution in [3.8, 4) is 11.8 Å². The van der Waals surface area contributed by atoms with Crippen molar-refractivity contribution in [2.24, 2.45) is 0 Å². The molecule has 0 saturated heterocycles. The molecule has 0 bridgehead atoms. The van der Waals surface area contributed by atoms with Crippen LogP contribution in [0.25, 0.3) is 0 Å². The third-order valence-electron chi connectivity index (χ3n) is 1.94. The van der Waals surface area contributed by atoms with E-state index in [0.29, 0.717) is 11.3 Å². The van der Waals surface area contributed by atoms with Crippen LogP contribution in [0.1, 0.15) is 12.5 Å². The van der Waals surface area contributed by atoms with Crippen LogP contribution in [0.2, 0.25) is 0 Å². The number of alkyl halides is 1. The number of nitriles is 1. The zero-order valence-corrected chi connectivity index (χ0v) is 10.1. The van der Waals surface area contributed by atoms with Crippen LogP contribution in [0.5, 0.6) is 5.75 Å². The van der Waals surface area contributed by atoms with Crippen molar-refractivity contribution in [1.29, 1.82) is 5.26 Å². The molecule has 1 aromatic carbocycles. The highest BCUT2D eigenvalue weighted by molar-refractivity contribution is 6.18. The minimum atomic E-state index is -0.513. The third-order valence-corrected chi connectivity index (χ3v) is 2.28. The van der Waals surface area contributed by atoms with Gasteiger partial charge in [-0.3, -0.25) is 4.79 Å². The molecule has 90 valence electrons. The van der Waals surface area contributed by atoms with Crippen molar-refractivity contribution in [2.45, 2.75) is 13.0 Å². The Kier molecular flexibility index (Phi) is 5.31. The average molecular weight is 254 g/mol. The second kappa shape index (κ2) is 6.77. The second-order valence-electron chi connectivity index (χ2n) is 3.30. The number of hydrogen-bond donors (Lipinski definition) is 0. The highest BCUT2D eigenvalue weighted by Gasteiger charge is 2.12. The van der Waals surface area contributed by atoms with E-state index in [1.807, 2.05) is 6.07 Å². The van der Waals surface area contributed by atoms with Gasteiger partial charge in [-0.05, 0) is 12.1 Å². The van der Waals surface area contributed by atoms with Crippen molar-refractivity contribution in [1.82, 2.24) is 0 Å². The normalized spacial score (nSPS) is 11.4. The first kappa shape index (κ1) is 13.3. The molecule has 0 aliphatic carbocycles. The quantitative estimate of drug-likeness (QED) is 0.596. The molecule has 1 rings (SSSR count). The maximum atomic E-state index is 10.8. The fraction of sp³-hybridized carbons (Fsp3) is 0.333. The number of benzene rings is 1. The van der Waals surface area contributed by atoms with Gasteiger partial charge >= 0.3 is 5.97 Å². The summed E-state index contributed by atoms with van der Waals surface area (Å²) >= 11 is 5.63. The molecule has 0 saturated carbocycles. The number of esters is 1. The molecule has 5 heteroatoms. The molecule has 4 nitrogen and oxygen atoms in total. The SMILES string of the molecule is CC(=O)O[C@H](CCl)COc1ccccc1C#N. The Hall–Kier alpha value is -1.73. The fourth-order valence-electron chi connectivity index (χ4n) is 1.21. The van der Waals surface area contributed by atoms with Crippen LogP contribution in [0.4, 0.5) is 0 Å². The van der Waals surface area contributed by atoms with Crippen molar-refractivity contribution >= 4 is 17.6 Å². The van der Waals surface area contributed by atoms with E-state index in [0.717, 1.165) is 0 Å². The van der Waals surface area contributed by atoms with Crippen molar-refractivity contribution < 1.29 is 14.3 Å². The second-order valence-corrected chi connectivity index (χ2v) is 3.61. The predicted molar refractivity (Wildman–Crippen MR) is 62.9 cm³/mol. The summed E-state index contributed by atoms with van der Waals surface area (Å²) in [5.41, 5.74) is 0.434. The number of para-hydroxylation sites is 1. The zero-order chi connectivity index (χ0) is 12.7. The first-order valence-corrected chi connectivity index (χ1v) is 5.56. The Labute approximate surface area is 105 Å². The van der Waals surface area contributed by atoms with E-state index < -0.39 is 12.1 Å². The summed E-state index contributed by atoms with van der Waals surface area (Å²) in [5.74, 6) is 0.194. The molecular formula is C12H12ClNO3. The topological polar surface area (TPSA) is 59.3 Å². The Morgan fingerprint density at radius 3 is 2.82 bits per heavy atom. The number of ether oxygens (including phenoxy) is 2. The van der Waals surface area contributed by atoms with Gasteiger partial charge in [-0.15, -0.1) is 11.6 Å². The summed E-state index contributed by atoms with van der Waals surface area (Å²) in [6, 6.07) is 8.85. The summed E-state index contributed by atoms with van der Waals surface area (Å²) in [6.45, 7) is 1.44. The van der Waals surface area contributed by atoms with Crippen LogP contribution in [-0.4, -0.2) is 24.6 Å². The molecule has 0 aromatic heterocycles. The standard InChI is InChI=1S/C12H12ClNO3/c1-9(15)17-11(6-13)8-16-12-5-3-2-4-10(12)7-14/h2-5,11H,6,8H2,1H3/t11-/m1/s1. The van der Waals surface area contributed by atoms with Gasteiger partial charge < -0.3 is 9.47 Å². The van der Waals surface area contributed by atoms with E-state index in [4.69, 9.17) is 26.3 Å². The molecule has 17 heavy (non-hydrogen) atoms. The molecule has 0 fully saturated rings. The van der Waals surface area contributed by atoms with Gasteiger partial charge in [0.05, 0.1) is 11.4 Å². The van der Waals surface area contributed by atoms with Gasteiger partial charge in [-0.25, -0.2) is 0 Å². The molecule has 1 atom stereocenters. The van der Waals surface area contributed by atoms with Crippen molar-refractivity contribution in [3.05, 3.63) is 29.8 Å². The molecule has 0 unspecified atom stereocenters. The Morgan fingerprint density at radius 1 is 1.53 bits per heavy atom. The summed E-state index contributed by atoms with van der Waals surface area (Å²) < 4.78 is 10.3. The van der Waals surface area contributed by atoms with Gasteiger partial charge in [-0.2, -0.15) is 5.26 Å². The predicted octanol–water partition coefficient (Wildman–Crippen LogP) is 2.11. The van der Waals surface area contributed by atoms with E-state index in [2.05, 4.69) is 0 Å². The molecule has 0 spiro atoms. The van der Waals surface area contributed by atoms with E-state index in [-0.39, 0.29) is 12.5 Å². The van der Waals surface area contributed by atoms with Gasteiger partial charge in [0.1, 0.15) is 24.5 Å². The van der Waals surface area contributed by atoms with Gasteiger partial charge in [0.15, 0.2) is 0 Å². The Morgan fingerprint density at radius 2 is 2.24 bits per heavy atom. The van der Waals surface area contributed by atoms with Gasteiger partial charge in [-0.1, -0.05) is 12.1 Å². The first-order chi connectivity index (χ1) is 8.17. The molecule has 0 radical (unpaired) electrons. The minimum Gasteiger partial charge on any atom is -0.488 e. The fourth-order valence-corrected chi connectivity index (χ4v) is 1.36.